The Morgan fingerprint density at radius 1 is 0.667 bits per heavy atom. The lowest BCUT2D eigenvalue weighted by molar-refractivity contribution is 0.0678. The fourth-order valence-electron chi connectivity index (χ4n) is 2.05. The van der Waals surface area contributed by atoms with Crippen LogP contribution in [-0.4, -0.2) is 56.5 Å². The van der Waals surface area contributed by atoms with Crippen molar-refractivity contribution in [2.24, 2.45) is 0 Å². The lowest BCUT2D eigenvalue weighted by Crippen LogP contribution is -2.07. The lowest BCUT2D eigenvalue weighted by atomic mass is 10.1. The molecule has 0 radical (unpaired) electrons. The molecule has 2 aromatic rings. The van der Waals surface area contributed by atoms with Crippen LogP contribution in [0, 0.1) is 0 Å². The molecule has 2 rings (SSSR count). The summed E-state index contributed by atoms with van der Waals surface area (Å²) in [5, 5.41) is 26.0. The zero-order chi connectivity index (χ0) is 23.2. The van der Waals surface area contributed by atoms with E-state index in [1.807, 2.05) is 0 Å². The first kappa shape index (κ1) is 24.8. The van der Waals surface area contributed by atoms with Crippen LogP contribution in [0.5, 0.6) is 0 Å². The topological polar surface area (TPSA) is 204 Å². The first-order chi connectivity index (χ1) is 13.9. The molecule has 0 fully saturated rings. The number of aromatic carboxylic acids is 3. The van der Waals surface area contributed by atoms with Gasteiger partial charge in [-0.05, 0) is 37.3 Å². The van der Waals surface area contributed by atoms with Crippen LogP contribution in [-0.2, 0) is 22.2 Å². The summed E-state index contributed by atoms with van der Waals surface area (Å²) in [6.07, 6.45) is 0. The van der Waals surface area contributed by atoms with Crippen LogP contribution in [0.3, 0.4) is 0 Å². The van der Waals surface area contributed by atoms with E-state index in [1.165, 1.54) is 13.0 Å². The van der Waals surface area contributed by atoms with Gasteiger partial charge < -0.3 is 24.4 Å². The standard InChI is InChI=1S/C9H8O5S.C8H6O6S/c1-5(10)6-2-3-8(15(13)14)7(4-6)9(11)12;9-7(10)4-1-2-6(15(13)14)5(3-4)8(11)12/h2-4H,1H3,(H,11,12)(H,13,14);1-3H,(H,9,10)(H,11,12)(H,13,14). The molecule has 2 aromatic carbocycles. The first-order valence-corrected chi connectivity index (χ1v) is 9.78. The molecule has 2 unspecified atom stereocenters. The van der Waals surface area contributed by atoms with Gasteiger partial charge >= 0.3 is 17.9 Å². The Balaban J connectivity index is 0.000000300. The highest BCUT2D eigenvalue weighted by Gasteiger charge is 2.17. The third kappa shape index (κ3) is 6.38. The Labute approximate surface area is 173 Å². The van der Waals surface area contributed by atoms with Crippen molar-refractivity contribution in [2.75, 3.05) is 0 Å². The van der Waals surface area contributed by atoms with Crippen LogP contribution in [0.4, 0.5) is 0 Å². The van der Waals surface area contributed by atoms with Crippen molar-refractivity contribution in [3.8, 4) is 0 Å². The van der Waals surface area contributed by atoms with Crippen molar-refractivity contribution in [3.63, 3.8) is 0 Å². The minimum atomic E-state index is -2.46. The Kier molecular flexibility index (Phi) is 8.67. The number of carbonyl (C=O) groups excluding carboxylic acids is 1. The second-order valence-electron chi connectivity index (χ2n) is 5.39. The van der Waals surface area contributed by atoms with Crippen LogP contribution in [0.2, 0.25) is 0 Å². The summed E-state index contributed by atoms with van der Waals surface area (Å²) in [5.41, 5.74) is -0.873. The number of Topliss-reactive ketones (excluding diaryl/α,β-unsaturated/α-hetero) is 1. The van der Waals surface area contributed by atoms with Crippen LogP contribution in [0.1, 0.15) is 48.4 Å². The van der Waals surface area contributed by atoms with Crippen LogP contribution >= 0.6 is 0 Å². The molecule has 0 bridgehead atoms. The number of rotatable bonds is 6. The Morgan fingerprint density at radius 2 is 1.03 bits per heavy atom. The largest absolute Gasteiger partial charge is 0.478 e. The summed E-state index contributed by atoms with van der Waals surface area (Å²) in [6, 6.07) is 6.48. The van der Waals surface area contributed by atoms with Crippen molar-refractivity contribution in [1.29, 1.82) is 0 Å². The minimum absolute atomic E-state index is 0.196. The molecule has 0 saturated heterocycles. The molecule has 0 aromatic heterocycles. The number of hydrogen-bond acceptors (Lipinski definition) is 6. The molecule has 0 spiro atoms. The van der Waals surface area contributed by atoms with Gasteiger partial charge in [-0.2, -0.15) is 0 Å². The fourth-order valence-corrected chi connectivity index (χ4v) is 3.09. The maximum absolute atomic E-state index is 11.0. The Morgan fingerprint density at radius 3 is 1.33 bits per heavy atom. The van der Waals surface area contributed by atoms with E-state index in [9.17, 15) is 27.6 Å². The van der Waals surface area contributed by atoms with Crippen molar-refractivity contribution in [2.45, 2.75) is 16.7 Å². The summed E-state index contributed by atoms with van der Waals surface area (Å²) in [7, 11) is 0. The van der Waals surface area contributed by atoms with E-state index in [0.717, 1.165) is 30.3 Å². The van der Waals surface area contributed by atoms with E-state index in [4.69, 9.17) is 24.4 Å². The predicted molar refractivity (Wildman–Crippen MR) is 102 cm³/mol. The van der Waals surface area contributed by atoms with Crippen molar-refractivity contribution >= 4 is 45.9 Å². The van der Waals surface area contributed by atoms with Gasteiger partial charge in [0.15, 0.2) is 27.9 Å². The van der Waals surface area contributed by atoms with Gasteiger partial charge in [-0.1, -0.05) is 6.07 Å². The summed E-state index contributed by atoms with van der Waals surface area (Å²) >= 11 is -4.83. The van der Waals surface area contributed by atoms with E-state index in [-0.39, 0.29) is 32.3 Å². The van der Waals surface area contributed by atoms with Crippen molar-refractivity contribution in [3.05, 3.63) is 58.7 Å². The quantitative estimate of drug-likeness (QED) is 0.312. The minimum Gasteiger partial charge on any atom is -0.478 e. The molecule has 0 aliphatic heterocycles. The molecular formula is C17H14O11S2. The van der Waals surface area contributed by atoms with Crippen molar-refractivity contribution in [1.82, 2.24) is 0 Å². The van der Waals surface area contributed by atoms with Gasteiger partial charge in [-0.25, -0.2) is 22.8 Å². The Hall–Kier alpha value is -3.26. The average Bonchev–Trinajstić information content (AvgIpc) is 2.67. The summed E-state index contributed by atoms with van der Waals surface area (Å²) in [6.45, 7) is 1.29. The van der Waals surface area contributed by atoms with Crippen LogP contribution in [0.15, 0.2) is 46.2 Å². The zero-order valence-electron chi connectivity index (χ0n) is 15.0. The molecule has 2 atom stereocenters. The van der Waals surface area contributed by atoms with Gasteiger partial charge in [0, 0.05) is 5.56 Å². The fraction of sp³-hybridized carbons (Fsp3) is 0.0588. The van der Waals surface area contributed by atoms with Crippen LogP contribution in [0.25, 0.3) is 0 Å². The molecule has 0 aliphatic rings. The normalized spacial score (nSPS) is 12.1. The first-order valence-electron chi connectivity index (χ1n) is 7.57. The number of hydrogen-bond donors (Lipinski definition) is 5. The summed E-state index contributed by atoms with van der Waals surface area (Å²) in [5.74, 6) is -4.38. The van der Waals surface area contributed by atoms with Gasteiger partial charge in [0.05, 0.1) is 26.5 Å². The summed E-state index contributed by atoms with van der Waals surface area (Å²) < 4.78 is 39.0. The second-order valence-corrected chi connectivity index (χ2v) is 7.27. The lowest BCUT2D eigenvalue weighted by Gasteiger charge is -2.03. The number of ketones is 1. The van der Waals surface area contributed by atoms with E-state index >= 15 is 0 Å². The number of benzene rings is 2. The van der Waals surface area contributed by atoms with E-state index in [2.05, 4.69) is 0 Å². The molecule has 0 heterocycles. The highest BCUT2D eigenvalue weighted by atomic mass is 32.2. The molecule has 13 heteroatoms. The zero-order valence-corrected chi connectivity index (χ0v) is 16.6. The molecule has 5 N–H and O–H groups in total. The highest BCUT2D eigenvalue weighted by molar-refractivity contribution is 7.79. The third-order valence-corrected chi connectivity index (χ3v) is 4.91. The van der Waals surface area contributed by atoms with E-state index in [0.29, 0.717) is 0 Å². The molecule has 0 saturated carbocycles. The highest BCUT2D eigenvalue weighted by Crippen LogP contribution is 2.16. The van der Waals surface area contributed by atoms with E-state index < -0.39 is 45.6 Å². The van der Waals surface area contributed by atoms with Gasteiger partial charge in [-0.15, -0.1) is 0 Å². The predicted octanol–water partition coefficient (Wildman–Crippen LogP) is 1.83. The Bertz CT molecular complexity index is 990. The molecule has 160 valence electrons. The van der Waals surface area contributed by atoms with Crippen LogP contribution < -0.4 is 0 Å². The van der Waals surface area contributed by atoms with Gasteiger partial charge in [0.2, 0.25) is 0 Å². The van der Waals surface area contributed by atoms with Crippen molar-refractivity contribution < 1.29 is 52.0 Å². The summed E-state index contributed by atoms with van der Waals surface area (Å²) in [4.78, 5) is 42.4. The maximum Gasteiger partial charge on any atom is 0.337 e. The second kappa shape index (κ2) is 10.5. The average molecular weight is 458 g/mol. The molecule has 0 amide bonds. The third-order valence-electron chi connectivity index (χ3n) is 3.45. The monoisotopic (exact) mass is 458 g/mol. The SMILES string of the molecule is CC(=O)c1ccc(S(=O)O)c(C(=O)O)c1.O=C(O)c1ccc(S(=O)O)c(C(=O)O)c1. The molecular weight excluding hydrogens is 444 g/mol. The van der Waals surface area contributed by atoms with Gasteiger partial charge in [0.25, 0.3) is 0 Å². The smallest absolute Gasteiger partial charge is 0.337 e. The number of carboxylic acid groups (broad SMARTS) is 3. The van der Waals surface area contributed by atoms with Gasteiger partial charge in [-0.3, -0.25) is 4.79 Å². The van der Waals surface area contributed by atoms with E-state index in [1.54, 1.807) is 0 Å². The number of carbonyl (C=O) groups is 4. The molecule has 11 nitrogen and oxygen atoms in total. The number of carboxylic acids is 3. The molecule has 0 aliphatic carbocycles. The van der Waals surface area contributed by atoms with Gasteiger partial charge in [0.1, 0.15) is 0 Å². The molecule has 30 heavy (non-hydrogen) atoms. The maximum atomic E-state index is 11.0.